The Morgan fingerprint density at radius 1 is 1.00 bits per heavy atom. The minimum Gasteiger partial charge on any atom is -0.481 e. The molecule has 9 heteroatoms. The van der Waals surface area contributed by atoms with Crippen molar-refractivity contribution >= 4 is 28.7 Å². The molecule has 4 rings (SSSR count). The van der Waals surface area contributed by atoms with Gasteiger partial charge in [-0.25, -0.2) is 0 Å². The van der Waals surface area contributed by atoms with E-state index >= 15 is 0 Å². The number of nitrogens with one attached hydrogen (secondary N) is 1. The number of fused-ring (bicyclic) bond motifs is 1. The van der Waals surface area contributed by atoms with Gasteiger partial charge in [0, 0.05) is 56.4 Å². The van der Waals surface area contributed by atoms with Crippen molar-refractivity contribution in [1.82, 2.24) is 4.90 Å². The number of hydrogen-bond acceptors (Lipinski definition) is 5. The molecule has 2 aliphatic rings. The van der Waals surface area contributed by atoms with Crippen LogP contribution in [0.25, 0.3) is 0 Å². The predicted molar refractivity (Wildman–Crippen MR) is 115 cm³/mol. The van der Waals surface area contributed by atoms with Crippen LogP contribution < -0.4 is 19.9 Å². The molecule has 0 unspecified atom stereocenters. The summed E-state index contributed by atoms with van der Waals surface area (Å²) in [5, 5.41) is 3.35. The maximum absolute atomic E-state index is 12.6. The number of carbonyl (C=O) groups is 1. The summed E-state index contributed by atoms with van der Waals surface area (Å²) < 4.78 is 43.3. The van der Waals surface area contributed by atoms with Gasteiger partial charge in [-0.05, 0) is 42.8 Å². The molecule has 1 amide bonds. The number of amides is 1. The Kier molecular flexibility index (Phi) is 5.70. The molecule has 0 bridgehead atoms. The molecule has 166 valence electrons. The lowest BCUT2D eigenvalue weighted by atomic mass is 10.1. The highest BCUT2D eigenvalue weighted by atomic mass is 19.4. The standard InChI is InChI=1S/C22H25F3N4O2/c1-15-11-16(26-17-4-6-19-20(12-17)31-13-21(30)27(19)2)3-5-18(15)29-9-7-28(8-10-29)14-22(23,24)25/h3-6,11-12,26H,7-10,13-14H2,1-2H3. The van der Waals surface area contributed by atoms with Crippen molar-refractivity contribution in [2.24, 2.45) is 0 Å². The van der Waals surface area contributed by atoms with Crippen LogP contribution in [0.4, 0.5) is 35.9 Å². The summed E-state index contributed by atoms with van der Waals surface area (Å²) in [7, 11) is 1.72. The fourth-order valence-corrected chi connectivity index (χ4v) is 4.01. The summed E-state index contributed by atoms with van der Waals surface area (Å²) in [6.07, 6.45) is -4.15. The molecule has 1 N–H and O–H groups in total. The minimum absolute atomic E-state index is 0.0248. The van der Waals surface area contributed by atoms with Crippen molar-refractivity contribution < 1.29 is 22.7 Å². The van der Waals surface area contributed by atoms with E-state index in [1.807, 2.05) is 43.3 Å². The Morgan fingerprint density at radius 3 is 2.29 bits per heavy atom. The number of nitrogens with zero attached hydrogens (tertiary/aromatic N) is 3. The van der Waals surface area contributed by atoms with Gasteiger partial charge in [0.05, 0.1) is 12.2 Å². The van der Waals surface area contributed by atoms with Crippen molar-refractivity contribution in [3.63, 3.8) is 0 Å². The van der Waals surface area contributed by atoms with E-state index in [0.717, 1.165) is 28.3 Å². The molecule has 0 atom stereocenters. The Labute approximate surface area is 179 Å². The number of anilines is 4. The molecule has 0 saturated carbocycles. The Hall–Kier alpha value is -2.94. The number of carbonyl (C=O) groups excluding carboxylic acids is 1. The van der Waals surface area contributed by atoms with Crippen LogP contribution in [0, 0.1) is 6.92 Å². The predicted octanol–water partition coefficient (Wildman–Crippen LogP) is 3.78. The van der Waals surface area contributed by atoms with Gasteiger partial charge in [0.15, 0.2) is 6.61 Å². The molecule has 2 aromatic rings. The number of likely N-dealkylation sites (N-methyl/N-ethyl adjacent to an activating group) is 1. The van der Waals surface area contributed by atoms with Crippen LogP contribution in [0.2, 0.25) is 0 Å². The fourth-order valence-electron chi connectivity index (χ4n) is 4.01. The van der Waals surface area contributed by atoms with E-state index < -0.39 is 12.7 Å². The van der Waals surface area contributed by atoms with Crippen LogP contribution in [0.1, 0.15) is 5.56 Å². The lowest BCUT2D eigenvalue weighted by molar-refractivity contribution is -0.146. The largest absolute Gasteiger partial charge is 0.481 e. The van der Waals surface area contributed by atoms with Crippen molar-refractivity contribution in [3.8, 4) is 5.75 Å². The van der Waals surface area contributed by atoms with Gasteiger partial charge in [-0.2, -0.15) is 13.2 Å². The topological polar surface area (TPSA) is 48.1 Å². The highest BCUT2D eigenvalue weighted by Crippen LogP contribution is 2.35. The van der Waals surface area contributed by atoms with Crippen molar-refractivity contribution in [2.45, 2.75) is 13.1 Å². The van der Waals surface area contributed by atoms with E-state index in [9.17, 15) is 18.0 Å². The second-order valence-electron chi connectivity index (χ2n) is 7.93. The van der Waals surface area contributed by atoms with Crippen LogP contribution in [0.3, 0.4) is 0 Å². The zero-order valence-corrected chi connectivity index (χ0v) is 17.5. The van der Waals surface area contributed by atoms with Crippen LogP contribution >= 0.6 is 0 Å². The zero-order valence-electron chi connectivity index (χ0n) is 17.5. The smallest absolute Gasteiger partial charge is 0.401 e. The number of alkyl halides is 3. The van der Waals surface area contributed by atoms with Crippen molar-refractivity contribution in [3.05, 3.63) is 42.0 Å². The highest BCUT2D eigenvalue weighted by Gasteiger charge is 2.32. The molecule has 2 aliphatic heterocycles. The number of piperazine rings is 1. The average Bonchev–Trinajstić information content (AvgIpc) is 2.71. The lowest BCUT2D eigenvalue weighted by Crippen LogP contribution is -2.49. The van der Waals surface area contributed by atoms with Gasteiger partial charge in [0.1, 0.15) is 5.75 Å². The van der Waals surface area contributed by atoms with Crippen molar-refractivity contribution in [1.29, 1.82) is 0 Å². The molecular weight excluding hydrogens is 409 g/mol. The van der Waals surface area contributed by atoms with Crippen LogP contribution in [-0.2, 0) is 4.79 Å². The number of rotatable bonds is 4. The SMILES string of the molecule is Cc1cc(Nc2ccc3c(c2)OCC(=O)N3C)ccc1N1CCN(CC(F)(F)F)CC1. The molecule has 6 nitrogen and oxygen atoms in total. The van der Waals surface area contributed by atoms with Crippen LogP contribution in [-0.4, -0.2) is 63.4 Å². The third-order valence-corrected chi connectivity index (χ3v) is 5.65. The molecular formula is C22H25F3N4O2. The maximum atomic E-state index is 12.6. The third-order valence-electron chi connectivity index (χ3n) is 5.65. The van der Waals surface area contributed by atoms with Gasteiger partial charge < -0.3 is 19.9 Å². The van der Waals surface area contributed by atoms with Gasteiger partial charge >= 0.3 is 6.18 Å². The molecule has 0 aliphatic carbocycles. The van der Waals surface area contributed by atoms with Gasteiger partial charge in [0.25, 0.3) is 5.91 Å². The van der Waals surface area contributed by atoms with E-state index in [2.05, 4.69) is 10.2 Å². The first-order valence-electron chi connectivity index (χ1n) is 10.1. The van der Waals surface area contributed by atoms with E-state index in [0.29, 0.717) is 31.9 Å². The van der Waals surface area contributed by atoms with Crippen LogP contribution in [0.15, 0.2) is 36.4 Å². The number of hydrogen-bond donors (Lipinski definition) is 1. The summed E-state index contributed by atoms with van der Waals surface area (Å²) in [6, 6.07) is 11.6. The summed E-state index contributed by atoms with van der Waals surface area (Å²) in [6.45, 7) is 3.10. The van der Waals surface area contributed by atoms with Gasteiger partial charge in [0.2, 0.25) is 0 Å². The van der Waals surface area contributed by atoms with E-state index in [1.54, 1.807) is 11.9 Å². The lowest BCUT2D eigenvalue weighted by Gasteiger charge is -2.37. The van der Waals surface area contributed by atoms with Gasteiger partial charge in [-0.3, -0.25) is 9.69 Å². The quantitative estimate of drug-likeness (QED) is 0.794. The van der Waals surface area contributed by atoms with E-state index in [-0.39, 0.29) is 12.5 Å². The summed E-state index contributed by atoms with van der Waals surface area (Å²) >= 11 is 0. The first-order valence-corrected chi connectivity index (χ1v) is 10.1. The molecule has 2 aromatic carbocycles. The second-order valence-corrected chi connectivity index (χ2v) is 7.93. The summed E-state index contributed by atoms with van der Waals surface area (Å²) in [5.74, 6) is 0.566. The second kappa shape index (κ2) is 8.30. The highest BCUT2D eigenvalue weighted by molar-refractivity contribution is 5.97. The molecule has 0 spiro atoms. The molecule has 1 saturated heterocycles. The van der Waals surface area contributed by atoms with E-state index in [4.69, 9.17) is 4.74 Å². The normalized spacial score (nSPS) is 17.4. The minimum atomic E-state index is -4.15. The average molecular weight is 434 g/mol. The van der Waals surface area contributed by atoms with E-state index in [1.165, 1.54) is 4.90 Å². The number of halogens is 3. The number of benzene rings is 2. The molecule has 2 heterocycles. The summed E-state index contributed by atoms with van der Waals surface area (Å²) in [5.41, 5.74) is 4.56. The van der Waals surface area contributed by atoms with Gasteiger partial charge in [-0.15, -0.1) is 0 Å². The monoisotopic (exact) mass is 434 g/mol. The molecule has 31 heavy (non-hydrogen) atoms. The summed E-state index contributed by atoms with van der Waals surface area (Å²) in [4.78, 5) is 16.9. The zero-order chi connectivity index (χ0) is 22.2. The van der Waals surface area contributed by atoms with Crippen molar-refractivity contribution in [2.75, 3.05) is 61.5 Å². The first-order chi connectivity index (χ1) is 14.7. The van der Waals surface area contributed by atoms with Crippen LogP contribution in [0.5, 0.6) is 5.75 Å². The third kappa shape index (κ3) is 4.87. The fraction of sp³-hybridized carbons (Fsp3) is 0.409. The number of aryl methyl sites for hydroxylation is 1. The Bertz CT molecular complexity index is 972. The Morgan fingerprint density at radius 2 is 1.65 bits per heavy atom. The Balaban J connectivity index is 1.41. The number of ether oxygens (including phenoxy) is 1. The molecule has 1 fully saturated rings. The molecule has 0 radical (unpaired) electrons. The van der Waals surface area contributed by atoms with Gasteiger partial charge in [-0.1, -0.05) is 0 Å². The first kappa shape index (κ1) is 21.3. The maximum Gasteiger partial charge on any atom is 0.401 e. The molecule has 0 aromatic heterocycles.